The molecule has 5 heteroatoms. The molecule has 1 atom stereocenters. The van der Waals surface area contributed by atoms with Gasteiger partial charge in [0.1, 0.15) is 17.5 Å². The third-order valence-electron chi connectivity index (χ3n) is 2.27. The van der Waals surface area contributed by atoms with Gasteiger partial charge < -0.3 is 10.5 Å². The zero-order valence-electron chi connectivity index (χ0n) is 7.69. The molecule has 0 aromatic heterocycles. The first-order valence-electron chi connectivity index (χ1n) is 4.32. The quantitative estimate of drug-likeness (QED) is 0.417. The molecule has 1 heterocycles. The molecule has 0 amide bonds. The van der Waals surface area contributed by atoms with Gasteiger partial charge in [-0.2, -0.15) is 0 Å². The maximum Gasteiger partial charge on any atom is 0.299 e. The number of nitro groups is 1. The summed E-state index contributed by atoms with van der Waals surface area (Å²) in [4.78, 5) is 10.3. The van der Waals surface area contributed by atoms with Crippen molar-refractivity contribution in [1.82, 2.24) is 0 Å². The van der Waals surface area contributed by atoms with Crippen LogP contribution in [0.5, 0.6) is 5.75 Å². The number of rotatable bonds is 1. The van der Waals surface area contributed by atoms with Crippen LogP contribution in [0, 0.1) is 10.1 Å². The Morgan fingerprint density at radius 3 is 3.00 bits per heavy atom. The van der Waals surface area contributed by atoms with E-state index in [0.29, 0.717) is 17.7 Å². The van der Waals surface area contributed by atoms with Crippen molar-refractivity contribution in [3.63, 3.8) is 0 Å². The molecule has 0 radical (unpaired) electrons. The highest BCUT2D eigenvalue weighted by Gasteiger charge is 2.29. The SMILES string of the molecule is CC1Cc2c(ccc(N)c2[N+](=O)[O-])O1. The number of hydrogen-bond donors (Lipinski definition) is 1. The van der Waals surface area contributed by atoms with E-state index >= 15 is 0 Å². The molecule has 0 aliphatic carbocycles. The zero-order valence-corrected chi connectivity index (χ0v) is 7.69. The molecule has 1 aromatic carbocycles. The smallest absolute Gasteiger partial charge is 0.299 e. The highest BCUT2D eigenvalue weighted by atomic mass is 16.6. The lowest BCUT2D eigenvalue weighted by Gasteiger charge is -2.02. The van der Waals surface area contributed by atoms with Gasteiger partial charge in [-0.1, -0.05) is 0 Å². The van der Waals surface area contributed by atoms with Gasteiger partial charge in [0.25, 0.3) is 5.69 Å². The Hall–Kier alpha value is -1.78. The highest BCUT2D eigenvalue weighted by molar-refractivity contribution is 5.67. The summed E-state index contributed by atoms with van der Waals surface area (Å²) in [5.41, 5.74) is 6.35. The fraction of sp³-hybridized carbons (Fsp3) is 0.333. The van der Waals surface area contributed by atoms with Gasteiger partial charge in [-0.3, -0.25) is 10.1 Å². The van der Waals surface area contributed by atoms with E-state index in [9.17, 15) is 10.1 Å². The van der Waals surface area contributed by atoms with E-state index in [2.05, 4.69) is 0 Å². The number of anilines is 1. The Morgan fingerprint density at radius 2 is 2.36 bits per heavy atom. The maximum absolute atomic E-state index is 10.8. The van der Waals surface area contributed by atoms with Crippen LogP contribution < -0.4 is 10.5 Å². The van der Waals surface area contributed by atoms with Crippen LogP contribution in [0.2, 0.25) is 0 Å². The second kappa shape index (κ2) is 2.87. The Balaban J connectivity index is 2.60. The van der Waals surface area contributed by atoms with Gasteiger partial charge in [-0.15, -0.1) is 0 Å². The van der Waals surface area contributed by atoms with E-state index in [1.807, 2.05) is 6.92 Å². The number of nitro benzene ring substituents is 1. The Labute approximate surface area is 80.6 Å². The second-order valence-electron chi connectivity index (χ2n) is 3.37. The molecule has 1 aromatic rings. The van der Waals surface area contributed by atoms with Crippen LogP contribution in [-0.2, 0) is 6.42 Å². The second-order valence-corrected chi connectivity index (χ2v) is 3.37. The molecule has 0 saturated heterocycles. The maximum atomic E-state index is 10.8. The van der Waals surface area contributed by atoms with E-state index in [4.69, 9.17) is 10.5 Å². The standard InChI is InChI=1S/C9H10N2O3/c1-5-4-6-8(14-5)3-2-7(10)9(6)11(12)13/h2-3,5H,4,10H2,1H3. The first-order chi connectivity index (χ1) is 6.59. The summed E-state index contributed by atoms with van der Waals surface area (Å²) in [7, 11) is 0. The summed E-state index contributed by atoms with van der Waals surface area (Å²) in [6, 6.07) is 3.19. The third-order valence-corrected chi connectivity index (χ3v) is 2.27. The Bertz CT molecular complexity index is 403. The number of ether oxygens (including phenoxy) is 1. The molecule has 0 bridgehead atoms. The van der Waals surface area contributed by atoms with Crippen molar-refractivity contribution in [1.29, 1.82) is 0 Å². The lowest BCUT2D eigenvalue weighted by Crippen LogP contribution is -2.05. The molecule has 0 fully saturated rings. The summed E-state index contributed by atoms with van der Waals surface area (Å²) in [6.45, 7) is 1.87. The summed E-state index contributed by atoms with van der Waals surface area (Å²) in [6.07, 6.45) is 0.543. The molecule has 2 N–H and O–H groups in total. The van der Waals surface area contributed by atoms with Gasteiger partial charge in [0, 0.05) is 6.42 Å². The number of nitrogens with two attached hydrogens (primary N) is 1. The minimum absolute atomic E-state index is 0.00755. The first kappa shape index (κ1) is 8.80. The normalized spacial score (nSPS) is 18.8. The fourth-order valence-electron chi connectivity index (χ4n) is 1.71. The Morgan fingerprint density at radius 1 is 1.64 bits per heavy atom. The molecule has 1 aliphatic rings. The number of benzene rings is 1. The highest BCUT2D eigenvalue weighted by Crippen LogP contribution is 2.39. The number of nitrogen functional groups attached to an aromatic ring is 1. The van der Waals surface area contributed by atoms with Crippen LogP contribution in [0.15, 0.2) is 12.1 Å². The Kier molecular flexibility index (Phi) is 1.80. The number of hydrogen-bond acceptors (Lipinski definition) is 4. The molecule has 1 aliphatic heterocycles. The first-order valence-corrected chi connectivity index (χ1v) is 4.32. The summed E-state index contributed by atoms with van der Waals surface area (Å²) >= 11 is 0. The molecule has 1 unspecified atom stereocenters. The summed E-state index contributed by atoms with van der Waals surface area (Å²) in [5, 5.41) is 10.8. The van der Waals surface area contributed by atoms with E-state index < -0.39 is 4.92 Å². The fourth-order valence-corrected chi connectivity index (χ4v) is 1.71. The van der Waals surface area contributed by atoms with Crippen molar-refractivity contribution in [3.05, 3.63) is 27.8 Å². The lowest BCUT2D eigenvalue weighted by molar-refractivity contribution is -0.384. The molecule has 74 valence electrons. The monoisotopic (exact) mass is 194 g/mol. The minimum atomic E-state index is -0.449. The van der Waals surface area contributed by atoms with Crippen molar-refractivity contribution in [3.8, 4) is 5.75 Å². The van der Waals surface area contributed by atoms with Gasteiger partial charge in [0.15, 0.2) is 0 Å². The van der Waals surface area contributed by atoms with Crippen LogP contribution in [0.3, 0.4) is 0 Å². The van der Waals surface area contributed by atoms with Gasteiger partial charge >= 0.3 is 0 Å². The van der Waals surface area contributed by atoms with Crippen molar-refractivity contribution < 1.29 is 9.66 Å². The molecule has 2 rings (SSSR count). The molecular formula is C9H10N2O3. The van der Waals surface area contributed by atoms with E-state index in [1.165, 1.54) is 6.07 Å². The third kappa shape index (κ3) is 1.17. The predicted octanol–water partition coefficient (Wildman–Crippen LogP) is 1.50. The van der Waals surface area contributed by atoms with Gasteiger partial charge in [-0.25, -0.2) is 0 Å². The van der Waals surface area contributed by atoms with E-state index in [1.54, 1.807) is 6.07 Å². The van der Waals surface area contributed by atoms with Crippen molar-refractivity contribution in [2.45, 2.75) is 19.4 Å². The number of nitrogens with zero attached hydrogens (tertiary/aromatic N) is 1. The van der Waals surface area contributed by atoms with E-state index in [0.717, 1.165) is 0 Å². The van der Waals surface area contributed by atoms with Gasteiger partial charge in [-0.05, 0) is 19.1 Å². The average molecular weight is 194 g/mol. The molecule has 0 spiro atoms. The molecule has 5 nitrogen and oxygen atoms in total. The summed E-state index contributed by atoms with van der Waals surface area (Å²) < 4.78 is 5.39. The van der Waals surface area contributed by atoms with Crippen LogP contribution in [-0.4, -0.2) is 11.0 Å². The lowest BCUT2D eigenvalue weighted by atomic mass is 10.1. The van der Waals surface area contributed by atoms with Crippen LogP contribution >= 0.6 is 0 Å². The van der Waals surface area contributed by atoms with Gasteiger partial charge in [0.2, 0.25) is 0 Å². The molecule has 14 heavy (non-hydrogen) atoms. The van der Waals surface area contributed by atoms with Crippen LogP contribution in [0.4, 0.5) is 11.4 Å². The van der Waals surface area contributed by atoms with Crippen molar-refractivity contribution in [2.75, 3.05) is 5.73 Å². The van der Waals surface area contributed by atoms with Crippen LogP contribution in [0.1, 0.15) is 12.5 Å². The van der Waals surface area contributed by atoms with Crippen LogP contribution in [0.25, 0.3) is 0 Å². The molecule has 0 saturated carbocycles. The predicted molar refractivity (Wildman–Crippen MR) is 51.3 cm³/mol. The summed E-state index contributed by atoms with van der Waals surface area (Å²) in [5.74, 6) is 0.582. The van der Waals surface area contributed by atoms with Gasteiger partial charge in [0.05, 0.1) is 10.5 Å². The topological polar surface area (TPSA) is 78.4 Å². The zero-order chi connectivity index (χ0) is 10.3. The minimum Gasteiger partial charge on any atom is -0.490 e. The molecular weight excluding hydrogens is 184 g/mol. The largest absolute Gasteiger partial charge is 0.490 e. The average Bonchev–Trinajstić information content (AvgIpc) is 2.43. The van der Waals surface area contributed by atoms with Crippen molar-refractivity contribution in [2.24, 2.45) is 0 Å². The van der Waals surface area contributed by atoms with Crippen molar-refractivity contribution >= 4 is 11.4 Å². The van der Waals surface area contributed by atoms with E-state index in [-0.39, 0.29) is 17.5 Å². The number of fused-ring (bicyclic) bond motifs is 1.